The van der Waals surface area contributed by atoms with E-state index in [1.807, 2.05) is 18.7 Å². The Morgan fingerprint density at radius 3 is 2.89 bits per heavy atom. The highest BCUT2D eigenvalue weighted by atomic mass is 16.2. The molecule has 1 aliphatic rings. The van der Waals surface area contributed by atoms with Crippen LogP contribution in [0.25, 0.3) is 10.9 Å². The van der Waals surface area contributed by atoms with Gasteiger partial charge >= 0.3 is 0 Å². The molecular weight excluding hydrogens is 336 g/mol. The van der Waals surface area contributed by atoms with Crippen molar-refractivity contribution < 1.29 is 4.79 Å². The number of aromatic amines is 1. The van der Waals surface area contributed by atoms with Crippen molar-refractivity contribution >= 4 is 16.8 Å². The minimum atomic E-state index is 0.149. The number of hydrogen-bond acceptors (Lipinski definition) is 2. The maximum absolute atomic E-state index is 13.4. The van der Waals surface area contributed by atoms with Crippen LogP contribution in [0.3, 0.4) is 0 Å². The molecule has 0 bridgehead atoms. The number of carbonyl (C=O) groups is 1. The van der Waals surface area contributed by atoms with Crippen LogP contribution in [0.2, 0.25) is 0 Å². The molecule has 0 radical (unpaired) electrons. The largest absolute Gasteiger partial charge is 0.350 e. The Labute approximate surface area is 160 Å². The van der Waals surface area contributed by atoms with Gasteiger partial charge in [0.05, 0.1) is 6.33 Å². The third-order valence-electron chi connectivity index (χ3n) is 5.89. The minimum Gasteiger partial charge on any atom is -0.350 e. The number of nitrogens with one attached hydrogen (secondary N) is 1. The highest BCUT2D eigenvalue weighted by Gasteiger charge is 2.29. The van der Waals surface area contributed by atoms with Crippen LogP contribution in [0.1, 0.15) is 52.9 Å². The zero-order valence-corrected chi connectivity index (χ0v) is 16.5. The monoisotopic (exact) mass is 364 g/mol. The molecule has 0 aliphatic carbocycles. The molecule has 1 aromatic carbocycles. The van der Waals surface area contributed by atoms with Gasteiger partial charge < -0.3 is 14.5 Å². The van der Waals surface area contributed by atoms with E-state index in [2.05, 4.69) is 52.3 Å². The lowest BCUT2D eigenvalue weighted by atomic mass is 9.98. The molecule has 1 atom stereocenters. The van der Waals surface area contributed by atoms with Crippen LogP contribution in [0.4, 0.5) is 0 Å². The summed E-state index contributed by atoms with van der Waals surface area (Å²) in [5.74, 6) is 0.149. The van der Waals surface area contributed by atoms with Crippen molar-refractivity contribution in [1.82, 2.24) is 19.4 Å². The normalized spacial score (nSPS) is 17.6. The molecule has 2 aromatic heterocycles. The van der Waals surface area contributed by atoms with Crippen molar-refractivity contribution in [3.8, 4) is 0 Å². The second-order valence-corrected chi connectivity index (χ2v) is 7.87. The molecule has 1 aliphatic heterocycles. The highest BCUT2D eigenvalue weighted by Crippen LogP contribution is 2.29. The number of carbonyl (C=O) groups excluding carboxylic acids is 1. The van der Waals surface area contributed by atoms with Gasteiger partial charge in [-0.25, -0.2) is 4.98 Å². The zero-order chi connectivity index (χ0) is 19.0. The number of amides is 1. The first-order valence-corrected chi connectivity index (χ1v) is 9.91. The lowest BCUT2D eigenvalue weighted by Crippen LogP contribution is -2.44. The summed E-state index contributed by atoms with van der Waals surface area (Å²) < 4.78 is 2.09. The lowest BCUT2D eigenvalue weighted by molar-refractivity contribution is 0.0589. The molecule has 0 spiro atoms. The van der Waals surface area contributed by atoms with Gasteiger partial charge in [0.25, 0.3) is 5.91 Å². The molecule has 0 saturated carbocycles. The predicted octanol–water partition coefficient (Wildman–Crippen LogP) is 4.37. The summed E-state index contributed by atoms with van der Waals surface area (Å²) in [7, 11) is 0. The summed E-state index contributed by atoms with van der Waals surface area (Å²) in [6.45, 7) is 8.03. The number of likely N-dealkylation sites (tertiary alicyclic amines) is 1. The molecule has 3 aromatic rings. The number of nitrogens with zero attached hydrogens (tertiary/aromatic N) is 3. The molecule has 1 amide bonds. The Bertz CT molecular complexity index is 955. The van der Waals surface area contributed by atoms with Crippen molar-refractivity contribution in [1.29, 1.82) is 0 Å². The molecule has 4 rings (SSSR count). The fraction of sp³-hybridized carbons (Fsp3) is 0.455. The van der Waals surface area contributed by atoms with E-state index in [-0.39, 0.29) is 5.91 Å². The quantitative estimate of drug-likeness (QED) is 0.747. The van der Waals surface area contributed by atoms with E-state index in [4.69, 9.17) is 0 Å². The van der Waals surface area contributed by atoms with Crippen LogP contribution in [0.15, 0.2) is 30.9 Å². The molecule has 27 heavy (non-hydrogen) atoms. The van der Waals surface area contributed by atoms with E-state index in [1.54, 1.807) is 0 Å². The number of benzene rings is 1. The Hall–Kier alpha value is -2.56. The first-order chi connectivity index (χ1) is 13.0. The topological polar surface area (TPSA) is 53.9 Å². The van der Waals surface area contributed by atoms with Gasteiger partial charge in [0.15, 0.2) is 0 Å². The van der Waals surface area contributed by atoms with E-state index in [1.165, 1.54) is 22.9 Å². The van der Waals surface area contributed by atoms with Gasteiger partial charge in [0.1, 0.15) is 5.69 Å². The van der Waals surface area contributed by atoms with Crippen LogP contribution in [0, 0.1) is 20.8 Å². The number of rotatable bonds is 4. The molecule has 1 fully saturated rings. The number of aromatic nitrogens is 3. The standard InChI is InChI=1S/C22H28N4O/c1-15-12-16(2)20-19(13-15)17(3)21(24-20)22(27)26-9-5-4-6-18(26)7-10-25-11-8-23-14-25/h8,11-14,18,24H,4-7,9-10H2,1-3H3/t18-/m1/s1. The maximum atomic E-state index is 13.4. The summed E-state index contributed by atoms with van der Waals surface area (Å²) in [4.78, 5) is 23.1. The minimum absolute atomic E-state index is 0.149. The lowest BCUT2D eigenvalue weighted by Gasteiger charge is -2.36. The van der Waals surface area contributed by atoms with Crippen molar-refractivity contribution in [2.45, 2.75) is 59.0 Å². The number of H-pyrrole nitrogens is 1. The van der Waals surface area contributed by atoms with Gasteiger partial charge in [-0.1, -0.05) is 11.6 Å². The van der Waals surface area contributed by atoms with Crippen molar-refractivity contribution in [2.24, 2.45) is 0 Å². The van der Waals surface area contributed by atoms with Gasteiger partial charge in [-0.15, -0.1) is 0 Å². The van der Waals surface area contributed by atoms with Crippen LogP contribution < -0.4 is 0 Å². The predicted molar refractivity (Wildman–Crippen MR) is 108 cm³/mol. The van der Waals surface area contributed by atoms with Gasteiger partial charge in [-0.05, 0) is 63.6 Å². The molecular formula is C22H28N4O. The van der Waals surface area contributed by atoms with E-state index >= 15 is 0 Å². The molecule has 5 nitrogen and oxygen atoms in total. The van der Waals surface area contributed by atoms with Crippen molar-refractivity contribution in [2.75, 3.05) is 6.54 Å². The van der Waals surface area contributed by atoms with Gasteiger partial charge in [-0.2, -0.15) is 0 Å². The number of hydrogen-bond donors (Lipinski definition) is 1. The molecule has 142 valence electrons. The maximum Gasteiger partial charge on any atom is 0.270 e. The third-order valence-corrected chi connectivity index (χ3v) is 5.89. The summed E-state index contributed by atoms with van der Waals surface area (Å²) in [5, 5.41) is 1.17. The Morgan fingerprint density at radius 1 is 1.26 bits per heavy atom. The van der Waals surface area contributed by atoms with Crippen LogP contribution in [0.5, 0.6) is 0 Å². The molecule has 0 unspecified atom stereocenters. The average molecular weight is 364 g/mol. The molecule has 1 N–H and O–H groups in total. The fourth-order valence-electron chi connectivity index (χ4n) is 4.43. The second kappa shape index (κ2) is 7.22. The fourth-order valence-corrected chi connectivity index (χ4v) is 4.43. The van der Waals surface area contributed by atoms with Gasteiger partial charge in [0, 0.05) is 42.4 Å². The van der Waals surface area contributed by atoms with Crippen LogP contribution in [-0.2, 0) is 6.54 Å². The van der Waals surface area contributed by atoms with Crippen molar-refractivity contribution in [3.05, 3.63) is 53.2 Å². The van der Waals surface area contributed by atoms with E-state index in [0.717, 1.165) is 49.1 Å². The van der Waals surface area contributed by atoms with Crippen LogP contribution >= 0.6 is 0 Å². The first-order valence-electron chi connectivity index (χ1n) is 9.91. The molecule has 1 saturated heterocycles. The molecule has 3 heterocycles. The number of fused-ring (bicyclic) bond motifs is 1. The average Bonchev–Trinajstić information content (AvgIpc) is 3.28. The Balaban J connectivity index is 1.61. The van der Waals surface area contributed by atoms with Crippen LogP contribution in [-0.4, -0.2) is 37.9 Å². The molecule has 5 heteroatoms. The summed E-state index contributed by atoms with van der Waals surface area (Å²) in [6.07, 6.45) is 9.98. The summed E-state index contributed by atoms with van der Waals surface area (Å²) in [5.41, 5.74) is 5.35. The van der Waals surface area contributed by atoms with E-state index in [0.29, 0.717) is 6.04 Å². The second-order valence-electron chi connectivity index (χ2n) is 7.87. The summed E-state index contributed by atoms with van der Waals surface area (Å²) >= 11 is 0. The highest BCUT2D eigenvalue weighted by molar-refractivity contribution is 6.02. The zero-order valence-electron chi connectivity index (χ0n) is 16.5. The summed E-state index contributed by atoms with van der Waals surface area (Å²) in [6, 6.07) is 4.64. The number of aryl methyl sites for hydroxylation is 4. The van der Waals surface area contributed by atoms with Crippen molar-refractivity contribution in [3.63, 3.8) is 0 Å². The van der Waals surface area contributed by atoms with E-state index < -0.39 is 0 Å². The third kappa shape index (κ3) is 3.38. The number of piperidine rings is 1. The Morgan fingerprint density at radius 2 is 2.11 bits per heavy atom. The van der Waals surface area contributed by atoms with Gasteiger partial charge in [-0.3, -0.25) is 4.79 Å². The number of imidazole rings is 1. The first kappa shape index (κ1) is 17.8. The Kier molecular flexibility index (Phi) is 4.77. The smallest absolute Gasteiger partial charge is 0.270 e. The SMILES string of the molecule is Cc1cc(C)c2[nH]c(C(=O)N3CCCC[C@@H]3CCn3ccnc3)c(C)c2c1. The van der Waals surface area contributed by atoms with E-state index in [9.17, 15) is 4.79 Å². The van der Waals surface area contributed by atoms with Gasteiger partial charge in [0.2, 0.25) is 0 Å².